The monoisotopic (exact) mass is 376 g/mol. The van der Waals surface area contributed by atoms with Crippen molar-refractivity contribution in [3.05, 3.63) is 0 Å². The van der Waals surface area contributed by atoms with Gasteiger partial charge in [0.15, 0.2) is 11.1 Å². The van der Waals surface area contributed by atoms with Gasteiger partial charge in [0.25, 0.3) is 0 Å². The van der Waals surface area contributed by atoms with Crippen molar-refractivity contribution in [2.45, 2.75) is 63.7 Å². The van der Waals surface area contributed by atoms with Crippen LogP contribution in [0.1, 0.15) is 41.5 Å². The normalized spacial score (nSPS) is 13.8. The number of aliphatic hydroxyl groups excluding tert-OH is 4. The van der Waals surface area contributed by atoms with Gasteiger partial charge in [-0.05, 0) is 41.5 Å². The van der Waals surface area contributed by atoms with Gasteiger partial charge in [0.1, 0.15) is 0 Å². The van der Waals surface area contributed by atoms with Crippen molar-refractivity contribution >= 4 is 11.8 Å². The SMILES string of the molecule is CC(CO)(CO)NC(=O)C(C)(C)/N=N/C(C)(C)C(=O)NC(C)(CO)CO. The molecule has 0 spiro atoms. The quantitative estimate of drug-likeness (QED) is 0.260. The third-order valence-electron chi connectivity index (χ3n) is 3.89. The number of aliphatic hydroxyl groups is 4. The maximum atomic E-state index is 12.4. The Hall–Kier alpha value is -1.62. The highest BCUT2D eigenvalue weighted by Gasteiger charge is 2.37. The summed E-state index contributed by atoms with van der Waals surface area (Å²) >= 11 is 0. The van der Waals surface area contributed by atoms with E-state index in [9.17, 15) is 30.0 Å². The lowest BCUT2D eigenvalue weighted by Crippen LogP contribution is -2.57. The van der Waals surface area contributed by atoms with Gasteiger partial charge in [0.05, 0.1) is 37.5 Å². The van der Waals surface area contributed by atoms with E-state index < -0.39 is 60.4 Å². The number of azo groups is 1. The van der Waals surface area contributed by atoms with Crippen LogP contribution >= 0.6 is 0 Å². The van der Waals surface area contributed by atoms with E-state index in [0.717, 1.165) is 0 Å². The summed E-state index contributed by atoms with van der Waals surface area (Å²) in [6, 6.07) is 0. The molecule has 0 aromatic heterocycles. The van der Waals surface area contributed by atoms with Crippen LogP contribution in [0.15, 0.2) is 10.2 Å². The lowest BCUT2D eigenvalue weighted by atomic mass is 9.99. The molecule has 0 fully saturated rings. The van der Waals surface area contributed by atoms with Crippen LogP contribution in [0.5, 0.6) is 0 Å². The van der Waals surface area contributed by atoms with Gasteiger partial charge in [-0.25, -0.2) is 0 Å². The molecule has 0 saturated heterocycles. The number of hydrogen-bond acceptors (Lipinski definition) is 8. The van der Waals surface area contributed by atoms with Crippen LogP contribution in [0.3, 0.4) is 0 Å². The van der Waals surface area contributed by atoms with E-state index in [0.29, 0.717) is 0 Å². The van der Waals surface area contributed by atoms with E-state index in [1.807, 2.05) is 0 Å². The van der Waals surface area contributed by atoms with E-state index in [4.69, 9.17) is 0 Å². The number of nitrogens with zero attached hydrogens (tertiary/aromatic N) is 2. The van der Waals surface area contributed by atoms with Crippen LogP contribution in [-0.4, -0.2) is 80.8 Å². The largest absolute Gasteiger partial charge is 0.394 e. The first kappa shape index (κ1) is 24.4. The van der Waals surface area contributed by atoms with Gasteiger partial charge < -0.3 is 31.1 Å². The Bertz CT molecular complexity index is 479. The summed E-state index contributed by atoms with van der Waals surface area (Å²) in [5, 5.41) is 49.9. The Labute approximate surface area is 153 Å². The highest BCUT2D eigenvalue weighted by Crippen LogP contribution is 2.18. The molecule has 0 aliphatic rings. The first-order valence-corrected chi connectivity index (χ1v) is 8.23. The van der Waals surface area contributed by atoms with Gasteiger partial charge in [0.2, 0.25) is 11.8 Å². The van der Waals surface area contributed by atoms with E-state index in [-0.39, 0.29) is 0 Å². The molecule has 0 atom stereocenters. The fourth-order valence-electron chi connectivity index (χ4n) is 1.45. The maximum absolute atomic E-state index is 12.4. The molecule has 6 N–H and O–H groups in total. The van der Waals surface area contributed by atoms with Gasteiger partial charge in [-0.1, -0.05) is 0 Å². The summed E-state index contributed by atoms with van der Waals surface area (Å²) in [6.45, 7) is 6.99. The Morgan fingerprint density at radius 3 is 1.08 bits per heavy atom. The molecule has 0 heterocycles. The summed E-state index contributed by atoms with van der Waals surface area (Å²) in [6.07, 6.45) is 0. The average molecular weight is 376 g/mol. The highest BCUT2D eigenvalue weighted by molar-refractivity contribution is 5.87. The zero-order valence-corrected chi connectivity index (χ0v) is 16.3. The molecule has 0 aromatic carbocycles. The topological polar surface area (TPSA) is 164 Å². The summed E-state index contributed by atoms with van der Waals surface area (Å²) in [5.74, 6) is -1.17. The smallest absolute Gasteiger partial charge is 0.249 e. The molecule has 26 heavy (non-hydrogen) atoms. The van der Waals surface area contributed by atoms with Gasteiger partial charge >= 0.3 is 0 Å². The van der Waals surface area contributed by atoms with Crippen molar-refractivity contribution < 1.29 is 30.0 Å². The van der Waals surface area contributed by atoms with Crippen molar-refractivity contribution in [1.29, 1.82) is 0 Å². The Kier molecular flexibility index (Phi) is 8.30. The summed E-state index contributed by atoms with van der Waals surface area (Å²) in [5.41, 5.74) is -5.14. The summed E-state index contributed by atoms with van der Waals surface area (Å²) < 4.78 is 0. The van der Waals surface area contributed by atoms with E-state index in [1.165, 1.54) is 41.5 Å². The van der Waals surface area contributed by atoms with E-state index in [2.05, 4.69) is 20.9 Å². The number of amides is 2. The highest BCUT2D eigenvalue weighted by atomic mass is 16.3. The molecule has 0 bridgehead atoms. The van der Waals surface area contributed by atoms with Gasteiger partial charge in [-0.2, -0.15) is 10.2 Å². The minimum Gasteiger partial charge on any atom is -0.394 e. The fourth-order valence-corrected chi connectivity index (χ4v) is 1.45. The van der Waals surface area contributed by atoms with Crippen LogP contribution in [-0.2, 0) is 9.59 Å². The second-order valence-electron chi connectivity index (χ2n) is 7.98. The van der Waals surface area contributed by atoms with E-state index in [1.54, 1.807) is 0 Å². The third-order valence-corrected chi connectivity index (χ3v) is 3.89. The summed E-state index contributed by atoms with van der Waals surface area (Å²) in [7, 11) is 0. The Morgan fingerprint density at radius 2 is 0.885 bits per heavy atom. The molecule has 0 rings (SSSR count). The van der Waals surface area contributed by atoms with Crippen molar-refractivity contribution in [3.63, 3.8) is 0 Å². The van der Waals surface area contributed by atoms with Crippen molar-refractivity contribution in [1.82, 2.24) is 10.6 Å². The molecule has 2 amide bonds. The maximum Gasteiger partial charge on any atom is 0.249 e. The van der Waals surface area contributed by atoms with Crippen LogP contribution in [0.2, 0.25) is 0 Å². The van der Waals surface area contributed by atoms with Gasteiger partial charge in [0, 0.05) is 0 Å². The molecular weight excluding hydrogens is 344 g/mol. The second kappa shape index (κ2) is 8.85. The lowest BCUT2D eigenvalue weighted by molar-refractivity contribution is -0.130. The van der Waals surface area contributed by atoms with Gasteiger partial charge in [-0.3, -0.25) is 9.59 Å². The number of carbonyl (C=O) groups is 2. The minimum atomic E-state index is -1.36. The minimum absolute atomic E-state index is 0.461. The Morgan fingerprint density at radius 1 is 0.654 bits per heavy atom. The molecule has 0 unspecified atom stereocenters. The number of hydrogen-bond donors (Lipinski definition) is 6. The summed E-state index contributed by atoms with van der Waals surface area (Å²) in [4.78, 5) is 24.7. The first-order chi connectivity index (χ1) is 11.7. The number of rotatable bonds is 10. The molecule has 10 nitrogen and oxygen atoms in total. The van der Waals surface area contributed by atoms with Gasteiger partial charge in [-0.15, -0.1) is 0 Å². The molecule has 10 heteroatoms. The predicted molar refractivity (Wildman–Crippen MR) is 94.5 cm³/mol. The molecule has 0 aliphatic heterocycles. The zero-order valence-electron chi connectivity index (χ0n) is 16.3. The molecule has 152 valence electrons. The first-order valence-electron chi connectivity index (χ1n) is 8.23. The van der Waals surface area contributed by atoms with Crippen LogP contribution in [0.4, 0.5) is 0 Å². The Balaban J connectivity index is 5.24. The van der Waals surface area contributed by atoms with Crippen LogP contribution < -0.4 is 10.6 Å². The van der Waals surface area contributed by atoms with Crippen LogP contribution in [0.25, 0.3) is 0 Å². The predicted octanol–water partition coefficient (Wildman–Crippen LogP) is -1.29. The van der Waals surface area contributed by atoms with Crippen molar-refractivity contribution in [2.75, 3.05) is 26.4 Å². The molecule has 0 radical (unpaired) electrons. The molecule has 0 saturated carbocycles. The molecule has 0 aromatic rings. The fraction of sp³-hybridized carbons (Fsp3) is 0.875. The second-order valence-corrected chi connectivity index (χ2v) is 7.98. The molecule has 0 aliphatic carbocycles. The number of nitrogens with one attached hydrogen (secondary N) is 2. The lowest BCUT2D eigenvalue weighted by Gasteiger charge is -2.31. The number of carbonyl (C=O) groups excluding carboxylic acids is 2. The van der Waals surface area contributed by atoms with Crippen molar-refractivity contribution in [3.8, 4) is 0 Å². The average Bonchev–Trinajstić information content (AvgIpc) is 2.59. The van der Waals surface area contributed by atoms with Crippen molar-refractivity contribution in [2.24, 2.45) is 10.2 Å². The standard InChI is InChI=1S/C16H32N4O6/c1-13(2,11(25)17-15(5,7-21)8-22)19-20-14(3,4)12(26)18-16(6,9-23)10-24/h21-24H,7-10H2,1-6H3,(H,17,25)(H,18,26)/b20-19+. The zero-order chi connectivity index (χ0) is 20.8. The third kappa shape index (κ3) is 6.60. The van der Waals surface area contributed by atoms with E-state index >= 15 is 0 Å². The van der Waals surface area contributed by atoms with Crippen LogP contribution in [0, 0.1) is 0 Å². The molecular formula is C16H32N4O6.